The third kappa shape index (κ3) is 5.27. The summed E-state index contributed by atoms with van der Waals surface area (Å²) < 4.78 is 15.8. The average Bonchev–Trinajstić information content (AvgIpc) is 3.45. The number of rotatable bonds is 7. The molecule has 1 aliphatic heterocycles. The van der Waals surface area contributed by atoms with Gasteiger partial charge in [-0.2, -0.15) is 5.10 Å². The summed E-state index contributed by atoms with van der Waals surface area (Å²) in [5, 5.41) is 19.6. The van der Waals surface area contributed by atoms with Crippen molar-refractivity contribution in [2.24, 2.45) is 10.2 Å². The standard InChI is InChI=1S/C24H20ClN3O5S/c1-31-19-10-16(11-20(32-2)22(19)29)12-21-23(30)28(14-18-4-3-9-33-18)24(34-21)27-26-13-15-5-7-17(25)8-6-15/h3-13,29H,14H2,1-2H3/b21-12-,26-13+,27-24-. The number of benzene rings is 2. The predicted octanol–water partition coefficient (Wildman–Crippen LogP) is 5.16. The average molecular weight is 498 g/mol. The van der Waals surface area contributed by atoms with E-state index < -0.39 is 0 Å². The molecule has 0 bridgehead atoms. The van der Waals surface area contributed by atoms with Crippen LogP contribution in [0, 0.1) is 0 Å². The fraction of sp³-hybridized carbons (Fsp3) is 0.125. The van der Waals surface area contributed by atoms with E-state index in [4.69, 9.17) is 25.5 Å². The molecule has 1 aromatic heterocycles. The SMILES string of the molecule is COc1cc(/C=C2\S/C(=N\N=C\c3ccc(Cl)cc3)N(Cc3ccco3)C2=O)cc(OC)c1O. The van der Waals surface area contributed by atoms with E-state index in [2.05, 4.69) is 10.2 Å². The topological polar surface area (TPSA) is 96.9 Å². The molecule has 0 saturated carbocycles. The summed E-state index contributed by atoms with van der Waals surface area (Å²) in [6.45, 7) is 0.202. The molecule has 10 heteroatoms. The first-order chi connectivity index (χ1) is 16.5. The minimum absolute atomic E-state index is 0.115. The number of hydrogen-bond acceptors (Lipinski definition) is 8. The van der Waals surface area contributed by atoms with Crippen LogP contribution >= 0.6 is 23.4 Å². The molecule has 1 amide bonds. The minimum atomic E-state index is -0.257. The predicted molar refractivity (Wildman–Crippen MR) is 133 cm³/mol. The molecule has 1 aliphatic rings. The molecule has 0 radical (unpaired) electrons. The van der Waals surface area contributed by atoms with E-state index in [1.54, 1.807) is 55.0 Å². The van der Waals surface area contributed by atoms with Gasteiger partial charge < -0.3 is 19.0 Å². The second-order valence-electron chi connectivity index (χ2n) is 7.03. The molecule has 0 unspecified atom stereocenters. The fourth-order valence-electron chi connectivity index (χ4n) is 3.12. The third-order valence-corrected chi connectivity index (χ3v) is 6.05. The van der Waals surface area contributed by atoms with Crippen molar-refractivity contribution in [1.29, 1.82) is 0 Å². The van der Waals surface area contributed by atoms with E-state index in [1.165, 1.54) is 30.9 Å². The number of carbonyl (C=O) groups excluding carboxylic acids is 1. The van der Waals surface area contributed by atoms with Gasteiger partial charge in [-0.15, -0.1) is 5.10 Å². The van der Waals surface area contributed by atoms with Crippen molar-refractivity contribution in [2.45, 2.75) is 6.54 Å². The zero-order chi connectivity index (χ0) is 24.1. The number of carbonyl (C=O) groups is 1. The van der Waals surface area contributed by atoms with Gasteiger partial charge in [0.15, 0.2) is 16.7 Å². The maximum absolute atomic E-state index is 13.2. The number of phenolic OH excluding ortho intramolecular Hbond substituents is 1. The second-order valence-corrected chi connectivity index (χ2v) is 8.48. The lowest BCUT2D eigenvalue weighted by Gasteiger charge is -2.12. The second kappa shape index (κ2) is 10.5. The molecule has 1 fully saturated rings. The fourth-order valence-corrected chi connectivity index (χ4v) is 4.18. The van der Waals surface area contributed by atoms with E-state index in [-0.39, 0.29) is 29.7 Å². The molecule has 3 aromatic rings. The third-order valence-electron chi connectivity index (χ3n) is 4.80. The molecular weight excluding hydrogens is 478 g/mol. The number of halogens is 1. The van der Waals surface area contributed by atoms with Crippen LogP contribution in [0.2, 0.25) is 5.02 Å². The van der Waals surface area contributed by atoms with Crippen LogP contribution in [-0.2, 0) is 11.3 Å². The highest BCUT2D eigenvalue weighted by Crippen LogP contribution is 2.39. The molecule has 0 spiro atoms. The number of hydrogen-bond donors (Lipinski definition) is 1. The molecule has 1 saturated heterocycles. The highest BCUT2D eigenvalue weighted by atomic mass is 35.5. The Morgan fingerprint density at radius 2 is 1.82 bits per heavy atom. The van der Waals surface area contributed by atoms with E-state index in [9.17, 15) is 9.90 Å². The van der Waals surface area contributed by atoms with Crippen LogP contribution in [0.25, 0.3) is 6.08 Å². The largest absolute Gasteiger partial charge is 0.502 e. The summed E-state index contributed by atoms with van der Waals surface area (Å²) in [4.78, 5) is 15.1. The summed E-state index contributed by atoms with van der Waals surface area (Å²) in [5.41, 5.74) is 1.44. The van der Waals surface area contributed by atoms with Crippen LogP contribution in [0.15, 0.2) is 74.3 Å². The van der Waals surface area contributed by atoms with Crippen molar-refractivity contribution < 1.29 is 23.8 Å². The van der Waals surface area contributed by atoms with Gasteiger partial charge in [-0.25, -0.2) is 0 Å². The Morgan fingerprint density at radius 3 is 2.44 bits per heavy atom. The lowest BCUT2D eigenvalue weighted by molar-refractivity contribution is -0.122. The summed E-state index contributed by atoms with van der Waals surface area (Å²) in [7, 11) is 2.88. The van der Waals surface area contributed by atoms with Crippen LogP contribution in [0.4, 0.5) is 0 Å². The number of methoxy groups -OCH3 is 2. The van der Waals surface area contributed by atoms with Gasteiger partial charge in [0.25, 0.3) is 5.91 Å². The first-order valence-electron chi connectivity index (χ1n) is 10.0. The molecule has 1 N–H and O–H groups in total. The van der Waals surface area contributed by atoms with Crippen LogP contribution < -0.4 is 9.47 Å². The smallest absolute Gasteiger partial charge is 0.267 e. The van der Waals surface area contributed by atoms with Gasteiger partial charge in [0, 0.05) is 5.02 Å². The van der Waals surface area contributed by atoms with E-state index in [0.717, 1.165) is 5.56 Å². The zero-order valence-electron chi connectivity index (χ0n) is 18.3. The minimum Gasteiger partial charge on any atom is -0.502 e. The van der Waals surface area contributed by atoms with Gasteiger partial charge in [0.05, 0.1) is 38.1 Å². The van der Waals surface area contributed by atoms with Crippen molar-refractivity contribution >= 4 is 46.7 Å². The zero-order valence-corrected chi connectivity index (χ0v) is 19.8. The quantitative estimate of drug-likeness (QED) is 0.275. The maximum Gasteiger partial charge on any atom is 0.267 e. The van der Waals surface area contributed by atoms with Crippen molar-refractivity contribution in [2.75, 3.05) is 14.2 Å². The van der Waals surface area contributed by atoms with E-state index in [1.807, 2.05) is 12.1 Å². The van der Waals surface area contributed by atoms with Crippen molar-refractivity contribution in [1.82, 2.24) is 4.90 Å². The number of aromatic hydroxyl groups is 1. The summed E-state index contributed by atoms with van der Waals surface area (Å²) in [6.07, 6.45) is 4.80. The van der Waals surface area contributed by atoms with E-state index >= 15 is 0 Å². The first-order valence-corrected chi connectivity index (χ1v) is 11.2. The molecule has 8 nitrogen and oxygen atoms in total. The normalized spacial score (nSPS) is 16.2. The number of furan rings is 1. The number of ether oxygens (including phenoxy) is 2. The van der Waals surface area contributed by atoms with Gasteiger partial charge in [0.2, 0.25) is 5.75 Å². The van der Waals surface area contributed by atoms with Crippen molar-refractivity contribution in [3.05, 3.63) is 81.6 Å². The number of thioether (sulfide) groups is 1. The van der Waals surface area contributed by atoms with Crippen molar-refractivity contribution in [3.8, 4) is 17.2 Å². The maximum atomic E-state index is 13.2. The number of amides is 1. The monoisotopic (exact) mass is 497 g/mol. The van der Waals surface area contributed by atoms with Crippen LogP contribution in [0.3, 0.4) is 0 Å². The Balaban J connectivity index is 1.66. The highest BCUT2D eigenvalue weighted by Gasteiger charge is 2.34. The van der Waals surface area contributed by atoms with E-state index in [0.29, 0.717) is 26.4 Å². The Bertz CT molecular complexity index is 1250. The van der Waals surface area contributed by atoms with Crippen molar-refractivity contribution in [3.63, 3.8) is 0 Å². The van der Waals surface area contributed by atoms with Gasteiger partial charge in [0.1, 0.15) is 5.76 Å². The van der Waals surface area contributed by atoms with Gasteiger partial charge in [-0.3, -0.25) is 9.69 Å². The lowest BCUT2D eigenvalue weighted by atomic mass is 10.1. The Kier molecular flexibility index (Phi) is 7.24. The van der Waals surface area contributed by atoms with Crippen LogP contribution in [-0.4, -0.2) is 41.5 Å². The molecule has 2 aromatic carbocycles. The molecule has 0 aliphatic carbocycles. The van der Waals surface area contributed by atoms with Crippen LogP contribution in [0.5, 0.6) is 17.2 Å². The number of amidine groups is 1. The molecular formula is C24H20ClN3O5S. The van der Waals surface area contributed by atoms with Gasteiger partial charge in [-0.05, 0) is 65.4 Å². The Morgan fingerprint density at radius 1 is 1.12 bits per heavy atom. The Labute approximate surface area is 205 Å². The highest BCUT2D eigenvalue weighted by molar-refractivity contribution is 8.18. The first kappa shape index (κ1) is 23.5. The molecule has 4 rings (SSSR count). The Hall–Kier alpha value is -3.69. The van der Waals surface area contributed by atoms with Gasteiger partial charge in [-0.1, -0.05) is 23.7 Å². The number of nitrogens with zero attached hydrogens (tertiary/aromatic N) is 3. The summed E-state index contributed by atoms with van der Waals surface area (Å²) >= 11 is 7.10. The number of phenols is 1. The molecule has 34 heavy (non-hydrogen) atoms. The molecule has 2 heterocycles. The van der Waals surface area contributed by atoms with Crippen LogP contribution in [0.1, 0.15) is 16.9 Å². The lowest BCUT2D eigenvalue weighted by Crippen LogP contribution is -2.28. The molecule has 174 valence electrons. The molecule has 0 atom stereocenters. The summed E-state index contributed by atoms with van der Waals surface area (Å²) in [5.74, 6) is 0.701. The summed E-state index contributed by atoms with van der Waals surface area (Å²) in [6, 6.07) is 13.9. The van der Waals surface area contributed by atoms with Gasteiger partial charge >= 0.3 is 0 Å².